The number of carbonyl (C=O) groups excluding carboxylic acids is 2. The Morgan fingerprint density at radius 2 is 1.93 bits per heavy atom. The summed E-state index contributed by atoms with van der Waals surface area (Å²) in [5.41, 5.74) is 0.254. The number of piperidine rings is 1. The molecule has 2 N–H and O–H groups in total. The minimum Gasteiger partial charge on any atom is -0.475 e. The second-order valence-corrected chi connectivity index (χ2v) is 7.84. The standard InChI is InChI=1S/C17H26N4O2.C2HF3O2/c1-19(2)11-12-20-10-7-17(16(20)23)6-4-9-21(13-17)15(22)14-5-3-8-18-14;3-2(4,5)1(6)7/h3,5,8,18H,4,6-7,9-13H2,1-2H3;(H,6,7). The lowest BCUT2D eigenvalue weighted by atomic mass is 9.78. The number of carbonyl (C=O) groups is 3. The van der Waals surface area contributed by atoms with Crippen molar-refractivity contribution in [2.24, 2.45) is 5.41 Å². The van der Waals surface area contributed by atoms with Crippen molar-refractivity contribution in [3.05, 3.63) is 24.0 Å². The van der Waals surface area contributed by atoms with Gasteiger partial charge in [0.05, 0.1) is 5.41 Å². The lowest BCUT2D eigenvalue weighted by Crippen LogP contribution is -2.50. The Labute approximate surface area is 172 Å². The molecule has 1 atom stereocenters. The summed E-state index contributed by atoms with van der Waals surface area (Å²) >= 11 is 0. The second kappa shape index (κ2) is 9.50. The highest BCUT2D eigenvalue weighted by Gasteiger charge is 2.49. The molecule has 0 saturated carbocycles. The van der Waals surface area contributed by atoms with E-state index in [1.54, 1.807) is 12.3 Å². The highest BCUT2D eigenvalue weighted by molar-refractivity contribution is 5.93. The number of hydrogen-bond acceptors (Lipinski definition) is 4. The van der Waals surface area contributed by atoms with Crippen LogP contribution in [0, 0.1) is 5.41 Å². The summed E-state index contributed by atoms with van der Waals surface area (Å²) in [4.78, 5) is 43.3. The van der Waals surface area contributed by atoms with Crippen LogP contribution in [-0.2, 0) is 9.59 Å². The predicted molar refractivity (Wildman–Crippen MR) is 102 cm³/mol. The van der Waals surface area contributed by atoms with Crippen LogP contribution in [0.5, 0.6) is 0 Å². The van der Waals surface area contributed by atoms with Crippen LogP contribution in [0.4, 0.5) is 13.2 Å². The monoisotopic (exact) mass is 432 g/mol. The number of halogens is 3. The third kappa shape index (κ3) is 5.74. The Morgan fingerprint density at radius 1 is 1.27 bits per heavy atom. The fourth-order valence-corrected chi connectivity index (χ4v) is 3.74. The number of carboxylic acids is 1. The molecule has 168 valence electrons. The van der Waals surface area contributed by atoms with Crippen molar-refractivity contribution in [2.45, 2.75) is 25.4 Å². The van der Waals surface area contributed by atoms with Gasteiger partial charge in [-0.15, -0.1) is 0 Å². The van der Waals surface area contributed by atoms with Crippen LogP contribution in [0.1, 0.15) is 29.8 Å². The molecule has 0 aromatic carbocycles. The Kier molecular flexibility index (Phi) is 7.51. The van der Waals surface area contributed by atoms with E-state index in [1.165, 1.54) is 0 Å². The molecule has 30 heavy (non-hydrogen) atoms. The van der Waals surface area contributed by atoms with Crippen molar-refractivity contribution in [1.29, 1.82) is 0 Å². The molecule has 2 saturated heterocycles. The maximum atomic E-state index is 12.9. The Bertz CT molecular complexity index is 751. The average Bonchev–Trinajstić information content (AvgIpc) is 3.30. The van der Waals surface area contributed by atoms with Crippen LogP contribution in [0.25, 0.3) is 0 Å². The molecule has 2 aliphatic heterocycles. The van der Waals surface area contributed by atoms with Gasteiger partial charge in [-0.1, -0.05) is 0 Å². The summed E-state index contributed by atoms with van der Waals surface area (Å²) in [6.07, 6.45) is -0.650. The molecule has 2 fully saturated rings. The van der Waals surface area contributed by atoms with Gasteiger partial charge in [-0.2, -0.15) is 13.2 Å². The largest absolute Gasteiger partial charge is 0.490 e. The van der Waals surface area contributed by atoms with Gasteiger partial charge < -0.3 is 24.8 Å². The second-order valence-electron chi connectivity index (χ2n) is 7.84. The van der Waals surface area contributed by atoms with E-state index in [2.05, 4.69) is 9.88 Å². The summed E-state index contributed by atoms with van der Waals surface area (Å²) in [5, 5.41) is 7.12. The van der Waals surface area contributed by atoms with E-state index in [0.29, 0.717) is 12.2 Å². The van der Waals surface area contributed by atoms with E-state index in [1.807, 2.05) is 30.0 Å². The molecule has 1 unspecified atom stereocenters. The molecule has 0 radical (unpaired) electrons. The Morgan fingerprint density at radius 3 is 2.47 bits per heavy atom. The smallest absolute Gasteiger partial charge is 0.475 e. The Balaban J connectivity index is 0.000000396. The number of aromatic amines is 1. The van der Waals surface area contributed by atoms with Gasteiger partial charge in [0.2, 0.25) is 5.91 Å². The molecule has 0 bridgehead atoms. The molecular weight excluding hydrogens is 405 g/mol. The van der Waals surface area contributed by atoms with Crippen molar-refractivity contribution in [1.82, 2.24) is 19.7 Å². The van der Waals surface area contributed by atoms with Crippen LogP contribution < -0.4 is 0 Å². The highest BCUT2D eigenvalue weighted by Crippen LogP contribution is 2.40. The van der Waals surface area contributed by atoms with Crippen LogP contribution >= 0.6 is 0 Å². The van der Waals surface area contributed by atoms with Crippen LogP contribution in [-0.4, -0.2) is 95.6 Å². The zero-order chi connectivity index (χ0) is 22.5. The van der Waals surface area contributed by atoms with Gasteiger partial charge >= 0.3 is 12.1 Å². The molecule has 2 amide bonds. The van der Waals surface area contributed by atoms with Crippen molar-refractivity contribution in [3.8, 4) is 0 Å². The Hall–Kier alpha value is -2.56. The summed E-state index contributed by atoms with van der Waals surface area (Å²) in [6.45, 7) is 3.77. The number of likely N-dealkylation sites (tertiary alicyclic amines) is 2. The fraction of sp³-hybridized carbons (Fsp3) is 0.632. The van der Waals surface area contributed by atoms with Gasteiger partial charge in [0.1, 0.15) is 5.69 Å². The lowest BCUT2D eigenvalue weighted by molar-refractivity contribution is -0.192. The number of alkyl halides is 3. The normalized spacial score (nSPS) is 21.7. The number of amides is 2. The van der Waals surface area contributed by atoms with Gasteiger partial charge in [0.25, 0.3) is 5.91 Å². The van der Waals surface area contributed by atoms with Crippen LogP contribution in [0.3, 0.4) is 0 Å². The summed E-state index contributed by atoms with van der Waals surface area (Å²) in [5.74, 6) is -2.51. The first-order chi connectivity index (χ1) is 14.0. The fourth-order valence-electron chi connectivity index (χ4n) is 3.74. The van der Waals surface area contributed by atoms with E-state index < -0.39 is 12.1 Å². The van der Waals surface area contributed by atoms with Crippen molar-refractivity contribution in [3.63, 3.8) is 0 Å². The third-order valence-electron chi connectivity index (χ3n) is 5.35. The third-order valence-corrected chi connectivity index (χ3v) is 5.35. The number of aliphatic carboxylic acids is 1. The maximum Gasteiger partial charge on any atom is 0.490 e. The quantitative estimate of drug-likeness (QED) is 0.755. The molecule has 3 heterocycles. The topological polar surface area (TPSA) is 97.0 Å². The minimum absolute atomic E-state index is 0.00798. The number of rotatable bonds is 4. The zero-order valence-corrected chi connectivity index (χ0v) is 17.0. The van der Waals surface area contributed by atoms with E-state index in [-0.39, 0.29) is 17.2 Å². The summed E-state index contributed by atoms with van der Waals surface area (Å²) in [7, 11) is 4.04. The molecule has 1 aromatic heterocycles. The molecule has 0 aliphatic carbocycles. The first-order valence-corrected chi connectivity index (χ1v) is 9.63. The molecule has 1 spiro atoms. The van der Waals surface area contributed by atoms with Gasteiger partial charge in [-0.05, 0) is 45.5 Å². The number of hydrogen-bond donors (Lipinski definition) is 2. The maximum absolute atomic E-state index is 12.9. The first kappa shape index (κ1) is 23.7. The van der Waals surface area contributed by atoms with E-state index in [4.69, 9.17) is 9.90 Å². The molecule has 3 rings (SSSR count). The van der Waals surface area contributed by atoms with Gasteiger partial charge in [-0.25, -0.2) is 4.79 Å². The number of nitrogens with one attached hydrogen (secondary N) is 1. The average molecular weight is 432 g/mol. The van der Waals surface area contributed by atoms with Gasteiger partial charge in [0.15, 0.2) is 0 Å². The summed E-state index contributed by atoms with van der Waals surface area (Å²) < 4.78 is 31.7. The first-order valence-electron chi connectivity index (χ1n) is 9.63. The van der Waals surface area contributed by atoms with Crippen LogP contribution in [0.2, 0.25) is 0 Å². The molecule has 11 heteroatoms. The lowest BCUT2D eigenvalue weighted by Gasteiger charge is -2.39. The SMILES string of the molecule is CN(C)CCN1CCC2(CCCN(C(=O)c3ccc[nH]3)C2)C1=O.O=C(O)C(F)(F)F. The number of likely N-dealkylation sites (N-methyl/N-ethyl adjacent to an activating group) is 1. The summed E-state index contributed by atoms with van der Waals surface area (Å²) in [6, 6.07) is 3.63. The number of carboxylic acid groups (broad SMARTS) is 1. The van der Waals surface area contributed by atoms with Crippen molar-refractivity contribution in [2.75, 3.05) is 46.8 Å². The molecule has 2 aliphatic rings. The van der Waals surface area contributed by atoms with Gasteiger partial charge in [-0.3, -0.25) is 9.59 Å². The van der Waals surface area contributed by atoms with E-state index >= 15 is 0 Å². The van der Waals surface area contributed by atoms with Gasteiger partial charge in [0, 0.05) is 38.9 Å². The number of nitrogens with zero attached hydrogens (tertiary/aromatic N) is 3. The molecular formula is C19H27F3N4O4. The highest BCUT2D eigenvalue weighted by atomic mass is 19.4. The van der Waals surface area contributed by atoms with E-state index in [9.17, 15) is 22.8 Å². The molecule has 1 aromatic rings. The number of H-pyrrole nitrogens is 1. The van der Waals surface area contributed by atoms with Crippen molar-refractivity contribution >= 4 is 17.8 Å². The number of aromatic nitrogens is 1. The van der Waals surface area contributed by atoms with E-state index in [0.717, 1.165) is 45.4 Å². The van der Waals surface area contributed by atoms with Crippen molar-refractivity contribution < 1.29 is 32.7 Å². The minimum atomic E-state index is -5.08. The molecule has 8 nitrogen and oxygen atoms in total. The zero-order valence-electron chi connectivity index (χ0n) is 17.0. The predicted octanol–water partition coefficient (Wildman–Crippen LogP) is 1.66. The van der Waals surface area contributed by atoms with Crippen LogP contribution in [0.15, 0.2) is 18.3 Å².